The van der Waals surface area contributed by atoms with E-state index >= 15 is 0 Å². The standard InChI is InChI=1S/C25H30N6O/c1-16(2)21-15-28-31-23(13-22(30-24(21)31)19-8-10-26-11-9-19)27-14-18-6-5-7-20(12-18)29-25(32)17(3)4/h5-8,12-13,15-16,26-27H,3,9-11,14H2,1-2,4H3,(H,29,32). The van der Waals surface area contributed by atoms with Crippen molar-refractivity contribution < 1.29 is 4.79 Å². The molecule has 166 valence electrons. The van der Waals surface area contributed by atoms with Crippen LogP contribution in [0, 0.1) is 0 Å². The molecule has 7 heteroatoms. The summed E-state index contributed by atoms with van der Waals surface area (Å²) in [6, 6.07) is 9.88. The third kappa shape index (κ3) is 4.73. The average molecular weight is 431 g/mol. The van der Waals surface area contributed by atoms with Crippen molar-refractivity contribution in [3.63, 3.8) is 0 Å². The molecular weight excluding hydrogens is 400 g/mol. The minimum absolute atomic E-state index is 0.177. The van der Waals surface area contributed by atoms with E-state index in [1.54, 1.807) is 6.92 Å². The summed E-state index contributed by atoms with van der Waals surface area (Å²) in [5.41, 5.74) is 6.55. The molecule has 0 saturated carbocycles. The summed E-state index contributed by atoms with van der Waals surface area (Å²) in [6.07, 6.45) is 5.08. The van der Waals surface area contributed by atoms with Crippen molar-refractivity contribution in [1.29, 1.82) is 0 Å². The second-order valence-electron chi connectivity index (χ2n) is 8.49. The summed E-state index contributed by atoms with van der Waals surface area (Å²) in [6.45, 7) is 12.1. The molecule has 3 N–H and O–H groups in total. The maximum Gasteiger partial charge on any atom is 0.250 e. The van der Waals surface area contributed by atoms with Crippen LogP contribution in [0.4, 0.5) is 11.5 Å². The summed E-state index contributed by atoms with van der Waals surface area (Å²) >= 11 is 0. The first-order chi connectivity index (χ1) is 15.4. The van der Waals surface area contributed by atoms with Crippen molar-refractivity contribution in [3.8, 4) is 0 Å². The van der Waals surface area contributed by atoms with Crippen molar-refractivity contribution in [2.24, 2.45) is 0 Å². The van der Waals surface area contributed by atoms with E-state index in [0.29, 0.717) is 18.0 Å². The highest BCUT2D eigenvalue weighted by atomic mass is 16.1. The predicted molar refractivity (Wildman–Crippen MR) is 130 cm³/mol. The van der Waals surface area contributed by atoms with Crippen LogP contribution in [0.2, 0.25) is 0 Å². The van der Waals surface area contributed by atoms with Crippen molar-refractivity contribution >= 4 is 28.6 Å². The van der Waals surface area contributed by atoms with Gasteiger partial charge in [0.2, 0.25) is 0 Å². The van der Waals surface area contributed by atoms with Gasteiger partial charge in [-0.05, 0) is 49.1 Å². The zero-order chi connectivity index (χ0) is 22.7. The number of amides is 1. The Kier molecular flexibility index (Phi) is 6.37. The largest absolute Gasteiger partial charge is 0.366 e. The average Bonchev–Trinajstić information content (AvgIpc) is 3.23. The van der Waals surface area contributed by atoms with Crippen LogP contribution < -0.4 is 16.0 Å². The minimum Gasteiger partial charge on any atom is -0.366 e. The monoisotopic (exact) mass is 430 g/mol. The Labute approximate surface area is 188 Å². The molecule has 1 aliphatic rings. The maximum atomic E-state index is 11.9. The van der Waals surface area contributed by atoms with Gasteiger partial charge in [-0.2, -0.15) is 9.61 Å². The first-order valence-corrected chi connectivity index (χ1v) is 11.0. The molecule has 0 aliphatic carbocycles. The van der Waals surface area contributed by atoms with Gasteiger partial charge < -0.3 is 16.0 Å². The highest BCUT2D eigenvalue weighted by Crippen LogP contribution is 2.27. The number of fused-ring (bicyclic) bond motifs is 1. The zero-order valence-corrected chi connectivity index (χ0v) is 18.9. The minimum atomic E-state index is -0.177. The molecule has 3 heterocycles. The molecule has 1 aromatic carbocycles. The number of anilines is 2. The molecule has 3 aromatic rings. The Morgan fingerprint density at radius 1 is 1.31 bits per heavy atom. The molecule has 0 bridgehead atoms. The number of nitrogens with zero attached hydrogens (tertiary/aromatic N) is 3. The van der Waals surface area contributed by atoms with Gasteiger partial charge in [-0.25, -0.2) is 4.98 Å². The number of carbonyl (C=O) groups is 1. The molecule has 0 spiro atoms. The van der Waals surface area contributed by atoms with Gasteiger partial charge in [-0.1, -0.05) is 38.6 Å². The van der Waals surface area contributed by atoms with Crippen molar-refractivity contribution in [1.82, 2.24) is 19.9 Å². The molecule has 7 nitrogen and oxygen atoms in total. The number of nitrogens with one attached hydrogen (secondary N) is 3. The molecule has 0 fully saturated rings. The van der Waals surface area contributed by atoms with E-state index in [2.05, 4.69) is 53.6 Å². The number of hydrogen-bond donors (Lipinski definition) is 3. The summed E-state index contributed by atoms with van der Waals surface area (Å²) in [5.74, 6) is 1.05. The number of hydrogen-bond acceptors (Lipinski definition) is 5. The maximum absolute atomic E-state index is 11.9. The van der Waals surface area contributed by atoms with Gasteiger partial charge in [-0.3, -0.25) is 4.79 Å². The van der Waals surface area contributed by atoms with Gasteiger partial charge in [0.15, 0.2) is 5.65 Å². The zero-order valence-electron chi connectivity index (χ0n) is 18.9. The molecule has 2 aromatic heterocycles. The quantitative estimate of drug-likeness (QED) is 0.485. The number of carbonyl (C=O) groups excluding carboxylic acids is 1. The molecule has 4 rings (SSSR count). The lowest BCUT2D eigenvalue weighted by Gasteiger charge is -2.16. The summed E-state index contributed by atoms with van der Waals surface area (Å²) in [4.78, 5) is 16.9. The van der Waals surface area contributed by atoms with Crippen LogP contribution in [0.25, 0.3) is 11.2 Å². The topological polar surface area (TPSA) is 83.4 Å². The van der Waals surface area contributed by atoms with Crippen LogP contribution in [0.3, 0.4) is 0 Å². The predicted octanol–water partition coefficient (Wildman–Crippen LogP) is 4.36. The van der Waals surface area contributed by atoms with Crippen molar-refractivity contribution in [2.75, 3.05) is 23.7 Å². The summed E-state index contributed by atoms with van der Waals surface area (Å²) < 4.78 is 1.88. The van der Waals surface area contributed by atoms with Gasteiger partial charge >= 0.3 is 0 Å². The second-order valence-corrected chi connectivity index (χ2v) is 8.49. The Hall–Kier alpha value is -3.45. The van der Waals surface area contributed by atoms with Gasteiger partial charge in [-0.15, -0.1) is 0 Å². The summed E-state index contributed by atoms with van der Waals surface area (Å²) in [7, 11) is 0. The molecule has 1 aliphatic heterocycles. The fourth-order valence-electron chi connectivity index (χ4n) is 3.72. The van der Waals surface area contributed by atoms with Gasteiger partial charge in [0, 0.05) is 36.0 Å². The highest BCUT2D eigenvalue weighted by Gasteiger charge is 2.16. The first-order valence-electron chi connectivity index (χ1n) is 11.0. The SMILES string of the molecule is C=C(C)C(=O)Nc1cccc(CNc2cc(C3=CCNCC3)nc3c(C(C)C)cnn23)c1. The Morgan fingerprint density at radius 2 is 2.16 bits per heavy atom. The Bertz CT molecular complexity index is 1190. The Morgan fingerprint density at radius 3 is 2.88 bits per heavy atom. The van der Waals surface area contributed by atoms with Crippen LogP contribution >= 0.6 is 0 Å². The third-order valence-corrected chi connectivity index (χ3v) is 5.56. The number of benzene rings is 1. The van der Waals surface area contributed by atoms with E-state index in [1.165, 1.54) is 5.57 Å². The second kappa shape index (κ2) is 9.36. The van der Waals surface area contributed by atoms with Crippen molar-refractivity contribution in [3.05, 3.63) is 71.6 Å². The molecule has 0 saturated heterocycles. The third-order valence-electron chi connectivity index (χ3n) is 5.56. The van der Waals surface area contributed by atoms with E-state index < -0.39 is 0 Å². The molecule has 0 unspecified atom stereocenters. The lowest BCUT2D eigenvalue weighted by atomic mass is 10.0. The molecule has 1 amide bonds. The highest BCUT2D eigenvalue weighted by molar-refractivity contribution is 6.02. The molecular formula is C25H30N6O. The van der Waals surface area contributed by atoms with Crippen LogP contribution in [0.15, 0.2) is 54.8 Å². The van der Waals surface area contributed by atoms with E-state index in [1.807, 2.05) is 35.0 Å². The lowest BCUT2D eigenvalue weighted by molar-refractivity contribution is -0.112. The smallest absolute Gasteiger partial charge is 0.250 e. The van der Waals surface area contributed by atoms with Crippen LogP contribution in [0.5, 0.6) is 0 Å². The number of rotatable bonds is 7. The molecule has 32 heavy (non-hydrogen) atoms. The van der Waals surface area contributed by atoms with Crippen LogP contribution in [-0.2, 0) is 11.3 Å². The first kappa shape index (κ1) is 21.8. The lowest BCUT2D eigenvalue weighted by Crippen LogP contribution is -2.20. The van der Waals surface area contributed by atoms with Gasteiger partial charge in [0.25, 0.3) is 5.91 Å². The van der Waals surface area contributed by atoms with Crippen LogP contribution in [0.1, 0.15) is 49.9 Å². The van der Waals surface area contributed by atoms with E-state index in [-0.39, 0.29) is 5.91 Å². The van der Waals surface area contributed by atoms with Gasteiger partial charge in [0.1, 0.15) is 5.82 Å². The molecule has 0 atom stereocenters. The normalized spacial score (nSPS) is 13.8. The van der Waals surface area contributed by atoms with Crippen molar-refractivity contribution in [2.45, 2.75) is 39.7 Å². The number of aromatic nitrogens is 3. The fraction of sp³-hybridized carbons (Fsp3) is 0.320. The van der Waals surface area contributed by atoms with E-state index in [0.717, 1.165) is 53.5 Å². The van der Waals surface area contributed by atoms with E-state index in [4.69, 9.17) is 4.98 Å². The molecule has 0 radical (unpaired) electrons. The van der Waals surface area contributed by atoms with Gasteiger partial charge in [0.05, 0.1) is 11.9 Å². The Balaban J connectivity index is 1.63. The van der Waals surface area contributed by atoms with Crippen LogP contribution in [-0.4, -0.2) is 33.6 Å². The summed E-state index contributed by atoms with van der Waals surface area (Å²) in [5, 5.41) is 14.4. The van der Waals surface area contributed by atoms with E-state index in [9.17, 15) is 4.79 Å². The fourth-order valence-corrected chi connectivity index (χ4v) is 3.72.